The number of ether oxygens (including phenoxy) is 1. The van der Waals surface area contributed by atoms with Crippen molar-refractivity contribution < 1.29 is 14.3 Å². The molecule has 1 aromatic carbocycles. The highest BCUT2D eigenvalue weighted by atomic mass is 35.5. The van der Waals surface area contributed by atoms with Crippen molar-refractivity contribution in [2.45, 2.75) is 44.6 Å². The number of carbonyl (C=O) groups excluding carboxylic acids is 2. The second kappa shape index (κ2) is 7.43. The van der Waals surface area contributed by atoms with Gasteiger partial charge in [-0.25, -0.2) is 4.79 Å². The quantitative estimate of drug-likeness (QED) is 0.670. The van der Waals surface area contributed by atoms with Gasteiger partial charge in [0.15, 0.2) is 6.61 Å². The van der Waals surface area contributed by atoms with E-state index in [1.54, 1.807) is 12.1 Å². The predicted octanol–water partition coefficient (Wildman–Crippen LogP) is 3.26. The monoisotopic (exact) mass is 350 g/mol. The first-order valence-corrected chi connectivity index (χ1v) is 8.95. The molecule has 0 unspecified atom stereocenters. The average molecular weight is 351 g/mol. The number of likely N-dealkylation sites (tertiary alicyclic amines) is 1. The lowest BCUT2D eigenvalue weighted by molar-refractivity contribution is -0.140. The summed E-state index contributed by atoms with van der Waals surface area (Å²) in [5.74, 6) is -0.0333. The van der Waals surface area contributed by atoms with Crippen LogP contribution in [-0.4, -0.2) is 36.0 Å². The number of nitrogens with zero attached hydrogens (tertiary/aromatic N) is 1. The number of hydrogen-bond acceptors (Lipinski definition) is 4. The number of piperidine rings is 1. The Morgan fingerprint density at radius 3 is 2.75 bits per heavy atom. The highest BCUT2D eigenvalue weighted by Gasteiger charge is 2.35. The van der Waals surface area contributed by atoms with Crippen LogP contribution in [0, 0.1) is 5.92 Å². The van der Waals surface area contributed by atoms with Crippen LogP contribution in [0.15, 0.2) is 18.2 Å². The highest BCUT2D eigenvalue weighted by molar-refractivity contribution is 6.33. The van der Waals surface area contributed by atoms with Crippen LogP contribution in [0.4, 0.5) is 5.69 Å². The van der Waals surface area contributed by atoms with E-state index in [1.807, 2.05) is 4.90 Å². The third-order valence-electron chi connectivity index (χ3n) is 5.12. The molecule has 2 fully saturated rings. The molecule has 3 rings (SSSR count). The summed E-state index contributed by atoms with van der Waals surface area (Å²) in [7, 11) is 0. The number of hydrogen-bond donors (Lipinski definition) is 1. The van der Waals surface area contributed by atoms with Crippen molar-refractivity contribution in [2.24, 2.45) is 5.92 Å². The Morgan fingerprint density at radius 2 is 1.96 bits per heavy atom. The van der Waals surface area contributed by atoms with Crippen LogP contribution in [0.3, 0.4) is 0 Å². The van der Waals surface area contributed by atoms with Crippen LogP contribution < -0.4 is 5.73 Å². The Morgan fingerprint density at radius 1 is 1.21 bits per heavy atom. The first-order chi connectivity index (χ1) is 11.6. The molecule has 1 heterocycles. The molecule has 0 bridgehead atoms. The molecule has 2 N–H and O–H groups in total. The van der Waals surface area contributed by atoms with Gasteiger partial charge in [-0.15, -0.1) is 0 Å². The molecule has 1 aliphatic heterocycles. The molecular formula is C18H23ClN2O3. The van der Waals surface area contributed by atoms with Gasteiger partial charge in [-0.3, -0.25) is 4.79 Å². The summed E-state index contributed by atoms with van der Waals surface area (Å²) >= 11 is 5.84. The molecule has 1 aromatic rings. The summed E-state index contributed by atoms with van der Waals surface area (Å²) in [6.45, 7) is 0.552. The second-order valence-electron chi connectivity index (χ2n) is 6.65. The van der Waals surface area contributed by atoms with Crippen LogP contribution in [0.25, 0.3) is 0 Å². The first kappa shape index (κ1) is 17.1. The van der Waals surface area contributed by atoms with Crippen LogP contribution >= 0.6 is 11.6 Å². The van der Waals surface area contributed by atoms with E-state index in [-0.39, 0.29) is 12.5 Å². The number of amides is 1. The van der Waals surface area contributed by atoms with Crippen molar-refractivity contribution in [2.75, 3.05) is 18.9 Å². The number of esters is 1. The topological polar surface area (TPSA) is 72.6 Å². The minimum absolute atomic E-state index is 0.0955. The van der Waals surface area contributed by atoms with E-state index in [2.05, 4.69) is 0 Å². The summed E-state index contributed by atoms with van der Waals surface area (Å²) in [5, 5.41) is 0.388. The Kier molecular flexibility index (Phi) is 5.29. The third-order valence-corrected chi connectivity index (χ3v) is 5.47. The number of rotatable bonds is 3. The van der Waals surface area contributed by atoms with Gasteiger partial charge in [0.25, 0.3) is 5.91 Å². The Labute approximate surface area is 147 Å². The lowest BCUT2D eigenvalue weighted by Crippen LogP contribution is -2.50. The number of fused-ring (bicyclic) bond motifs is 1. The Bertz CT molecular complexity index is 633. The third kappa shape index (κ3) is 3.66. The summed E-state index contributed by atoms with van der Waals surface area (Å²) in [6, 6.07) is 4.88. The fourth-order valence-corrected chi connectivity index (χ4v) is 4.02. The van der Waals surface area contributed by atoms with Gasteiger partial charge in [0, 0.05) is 12.6 Å². The molecule has 2 atom stereocenters. The molecule has 1 saturated carbocycles. The van der Waals surface area contributed by atoms with Gasteiger partial charge in [-0.1, -0.05) is 24.4 Å². The van der Waals surface area contributed by atoms with Gasteiger partial charge in [-0.05, 0) is 49.8 Å². The number of benzene rings is 1. The summed E-state index contributed by atoms with van der Waals surface area (Å²) in [5.41, 5.74) is 6.31. The molecule has 1 aliphatic carbocycles. The van der Waals surface area contributed by atoms with Gasteiger partial charge < -0.3 is 15.4 Å². The molecule has 5 nitrogen and oxygen atoms in total. The zero-order valence-electron chi connectivity index (χ0n) is 13.7. The normalized spacial score (nSPS) is 23.5. The number of nitrogen functional groups attached to an aromatic ring is 1. The largest absolute Gasteiger partial charge is 0.452 e. The number of carbonyl (C=O) groups is 2. The van der Waals surface area contributed by atoms with Gasteiger partial charge in [0.1, 0.15) is 0 Å². The molecule has 130 valence electrons. The molecule has 1 saturated heterocycles. The summed E-state index contributed by atoms with van der Waals surface area (Å²) < 4.78 is 5.19. The van der Waals surface area contributed by atoms with Crippen LogP contribution in [0.1, 0.15) is 48.9 Å². The van der Waals surface area contributed by atoms with Gasteiger partial charge in [0.05, 0.1) is 16.3 Å². The van der Waals surface area contributed by atoms with E-state index in [4.69, 9.17) is 22.1 Å². The second-order valence-corrected chi connectivity index (χ2v) is 7.06. The molecule has 0 radical (unpaired) electrons. The SMILES string of the molecule is Nc1cc(C(=O)OCC(=O)N2CCC[C@@H]3CCCC[C@H]32)ccc1Cl. The standard InChI is InChI=1S/C18H23ClN2O3/c19-14-8-7-13(10-15(14)20)18(23)24-11-17(22)21-9-3-5-12-4-1-2-6-16(12)21/h7-8,10,12,16H,1-6,9,11,20H2/t12-,16+/m0/s1. The van der Waals surface area contributed by atoms with Crippen molar-refractivity contribution in [3.63, 3.8) is 0 Å². The fraction of sp³-hybridized carbons (Fsp3) is 0.556. The molecule has 0 spiro atoms. The molecule has 1 amide bonds. The van der Waals surface area contributed by atoms with Crippen molar-refractivity contribution in [1.29, 1.82) is 0 Å². The lowest BCUT2D eigenvalue weighted by atomic mass is 9.78. The number of nitrogens with two attached hydrogens (primary N) is 1. The van der Waals surface area contributed by atoms with Crippen LogP contribution in [0.5, 0.6) is 0 Å². The van der Waals surface area contributed by atoms with Gasteiger partial charge in [0.2, 0.25) is 0 Å². The molecule has 6 heteroatoms. The molecule has 24 heavy (non-hydrogen) atoms. The van der Waals surface area contributed by atoms with Gasteiger partial charge in [-0.2, -0.15) is 0 Å². The zero-order valence-corrected chi connectivity index (χ0v) is 14.4. The first-order valence-electron chi connectivity index (χ1n) is 8.58. The van der Waals surface area contributed by atoms with Crippen molar-refractivity contribution >= 4 is 29.2 Å². The van der Waals surface area contributed by atoms with E-state index in [9.17, 15) is 9.59 Å². The number of anilines is 1. The van der Waals surface area contributed by atoms with E-state index in [0.29, 0.717) is 28.2 Å². The smallest absolute Gasteiger partial charge is 0.338 e. The Hall–Kier alpha value is -1.75. The van der Waals surface area contributed by atoms with Crippen molar-refractivity contribution in [3.8, 4) is 0 Å². The van der Waals surface area contributed by atoms with Crippen molar-refractivity contribution in [3.05, 3.63) is 28.8 Å². The minimum Gasteiger partial charge on any atom is -0.452 e. The maximum Gasteiger partial charge on any atom is 0.338 e. The highest BCUT2D eigenvalue weighted by Crippen LogP contribution is 2.35. The molecule has 0 aromatic heterocycles. The summed E-state index contributed by atoms with van der Waals surface area (Å²) in [4.78, 5) is 26.5. The fourth-order valence-electron chi connectivity index (χ4n) is 3.90. The molecule has 2 aliphatic rings. The van der Waals surface area contributed by atoms with Crippen LogP contribution in [0.2, 0.25) is 5.02 Å². The van der Waals surface area contributed by atoms with Crippen LogP contribution in [-0.2, 0) is 9.53 Å². The maximum absolute atomic E-state index is 12.5. The predicted molar refractivity (Wildman–Crippen MR) is 92.8 cm³/mol. The van der Waals surface area contributed by atoms with E-state index >= 15 is 0 Å². The van der Waals surface area contributed by atoms with E-state index < -0.39 is 5.97 Å². The van der Waals surface area contributed by atoms with Gasteiger partial charge >= 0.3 is 5.97 Å². The van der Waals surface area contributed by atoms with Crippen molar-refractivity contribution in [1.82, 2.24) is 4.90 Å². The van der Waals surface area contributed by atoms with E-state index in [1.165, 1.54) is 31.7 Å². The average Bonchev–Trinajstić information content (AvgIpc) is 2.61. The molecular weight excluding hydrogens is 328 g/mol. The van der Waals surface area contributed by atoms with E-state index in [0.717, 1.165) is 19.4 Å². The minimum atomic E-state index is -0.552. The maximum atomic E-state index is 12.5. The summed E-state index contributed by atoms with van der Waals surface area (Å²) in [6.07, 6.45) is 6.95. The zero-order chi connectivity index (χ0) is 17.1. The number of halogens is 1. The lowest BCUT2D eigenvalue weighted by Gasteiger charge is -2.44. The Balaban J connectivity index is 1.58.